The molecule has 1 aliphatic heterocycles. The molecule has 1 aliphatic rings. The zero-order chi connectivity index (χ0) is 16.8. The summed E-state index contributed by atoms with van der Waals surface area (Å²) in [4.78, 5) is 16.7. The van der Waals surface area contributed by atoms with E-state index in [1.54, 1.807) is 18.4 Å². The van der Waals surface area contributed by atoms with Crippen LogP contribution in [0.5, 0.6) is 5.75 Å². The van der Waals surface area contributed by atoms with Crippen LogP contribution in [0.2, 0.25) is 0 Å². The van der Waals surface area contributed by atoms with Gasteiger partial charge >= 0.3 is 0 Å². The van der Waals surface area contributed by atoms with Crippen molar-refractivity contribution < 1.29 is 9.53 Å². The summed E-state index contributed by atoms with van der Waals surface area (Å²) in [6.07, 6.45) is 0. The van der Waals surface area contributed by atoms with Gasteiger partial charge < -0.3 is 15.0 Å². The number of hydrogen-bond acceptors (Lipinski definition) is 5. The topological polar surface area (TPSA) is 44.8 Å². The molecule has 0 bridgehead atoms. The monoisotopic (exact) mass is 345 g/mol. The number of hydrogen-bond donors (Lipinski definition) is 1. The number of carbonyl (C=O) groups excluding carboxylic acids is 1. The maximum atomic E-state index is 11.9. The van der Waals surface area contributed by atoms with Gasteiger partial charge in [-0.25, -0.2) is 0 Å². The van der Waals surface area contributed by atoms with Gasteiger partial charge in [-0.3, -0.25) is 9.69 Å². The molecule has 1 aromatic carbocycles. The average Bonchev–Trinajstić information content (AvgIpc) is 3.17. The SMILES string of the molecule is COc1ccccc1N1CCN(CCNC(=O)c2ccsc2)CC1. The van der Waals surface area contributed by atoms with E-state index in [4.69, 9.17) is 4.74 Å². The average molecular weight is 345 g/mol. The first kappa shape index (κ1) is 16.8. The molecular weight excluding hydrogens is 322 g/mol. The number of carbonyl (C=O) groups is 1. The van der Waals surface area contributed by atoms with E-state index in [0.29, 0.717) is 6.54 Å². The number of ether oxygens (including phenoxy) is 1. The third kappa shape index (κ3) is 4.07. The van der Waals surface area contributed by atoms with Crippen molar-refractivity contribution in [3.63, 3.8) is 0 Å². The maximum Gasteiger partial charge on any atom is 0.252 e. The molecule has 0 spiro atoms. The van der Waals surface area contributed by atoms with Crippen molar-refractivity contribution in [3.8, 4) is 5.75 Å². The summed E-state index contributed by atoms with van der Waals surface area (Å²) >= 11 is 1.54. The van der Waals surface area contributed by atoms with Crippen LogP contribution in [-0.4, -0.2) is 57.2 Å². The summed E-state index contributed by atoms with van der Waals surface area (Å²) in [6.45, 7) is 5.50. The van der Waals surface area contributed by atoms with Crippen LogP contribution in [-0.2, 0) is 0 Å². The van der Waals surface area contributed by atoms with E-state index < -0.39 is 0 Å². The Hall–Kier alpha value is -2.05. The van der Waals surface area contributed by atoms with Crippen molar-refractivity contribution in [3.05, 3.63) is 46.7 Å². The molecule has 0 radical (unpaired) electrons. The van der Waals surface area contributed by atoms with Crippen LogP contribution in [0.15, 0.2) is 41.1 Å². The fraction of sp³-hybridized carbons (Fsp3) is 0.389. The number of rotatable bonds is 6. The van der Waals surface area contributed by atoms with Gasteiger partial charge in [0.15, 0.2) is 0 Å². The Morgan fingerprint density at radius 3 is 2.71 bits per heavy atom. The van der Waals surface area contributed by atoms with Gasteiger partial charge in [-0.2, -0.15) is 11.3 Å². The van der Waals surface area contributed by atoms with Gasteiger partial charge in [0.1, 0.15) is 5.75 Å². The summed E-state index contributed by atoms with van der Waals surface area (Å²) in [7, 11) is 1.71. The molecule has 128 valence electrons. The first-order valence-corrected chi connectivity index (χ1v) is 9.13. The Kier molecular flexibility index (Phi) is 5.72. The molecule has 1 fully saturated rings. The molecule has 2 aromatic rings. The fourth-order valence-electron chi connectivity index (χ4n) is 2.93. The number of nitrogens with zero attached hydrogens (tertiary/aromatic N) is 2. The lowest BCUT2D eigenvalue weighted by molar-refractivity contribution is 0.0948. The third-order valence-electron chi connectivity index (χ3n) is 4.30. The molecule has 0 atom stereocenters. The van der Waals surface area contributed by atoms with E-state index in [0.717, 1.165) is 49.7 Å². The summed E-state index contributed by atoms with van der Waals surface area (Å²) < 4.78 is 5.45. The Balaban J connectivity index is 1.43. The van der Waals surface area contributed by atoms with Gasteiger partial charge in [0, 0.05) is 50.2 Å². The van der Waals surface area contributed by atoms with Crippen LogP contribution < -0.4 is 15.0 Å². The number of thiophene rings is 1. The van der Waals surface area contributed by atoms with Crippen LogP contribution in [0.3, 0.4) is 0 Å². The lowest BCUT2D eigenvalue weighted by Gasteiger charge is -2.36. The van der Waals surface area contributed by atoms with Crippen LogP contribution in [0, 0.1) is 0 Å². The molecule has 1 amide bonds. The predicted molar refractivity (Wildman–Crippen MR) is 98.3 cm³/mol. The molecule has 1 aromatic heterocycles. The highest BCUT2D eigenvalue weighted by Crippen LogP contribution is 2.28. The second kappa shape index (κ2) is 8.17. The van der Waals surface area contributed by atoms with E-state index in [1.165, 1.54) is 0 Å². The summed E-state index contributed by atoms with van der Waals surface area (Å²) in [6, 6.07) is 10.0. The number of methoxy groups -OCH3 is 1. The summed E-state index contributed by atoms with van der Waals surface area (Å²) in [5.41, 5.74) is 1.91. The summed E-state index contributed by atoms with van der Waals surface area (Å²) in [5, 5.41) is 6.78. The highest BCUT2D eigenvalue weighted by Gasteiger charge is 2.19. The maximum absolute atomic E-state index is 11.9. The minimum Gasteiger partial charge on any atom is -0.495 e. The van der Waals surface area contributed by atoms with Crippen LogP contribution >= 0.6 is 11.3 Å². The highest BCUT2D eigenvalue weighted by molar-refractivity contribution is 7.08. The lowest BCUT2D eigenvalue weighted by atomic mass is 10.2. The summed E-state index contributed by atoms with van der Waals surface area (Å²) in [5.74, 6) is 0.942. The zero-order valence-corrected chi connectivity index (χ0v) is 14.7. The van der Waals surface area contributed by atoms with Crippen molar-refractivity contribution in [1.82, 2.24) is 10.2 Å². The largest absolute Gasteiger partial charge is 0.495 e. The number of benzene rings is 1. The number of nitrogens with one attached hydrogen (secondary N) is 1. The highest BCUT2D eigenvalue weighted by atomic mass is 32.1. The van der Waals surface area contributed by atoms with Gasteiger partial charge in [-0.1, -0.05) is 12.1 Å². The molecule has 24 heavy (non-hydrogen) atoms. The number of amides is 1. The van der Waals surface area contributed by atoms with Crippen molar-refractivity contribution in [2.45, 2.75) is 0 Å². The van der Waals surface area contributed by atoms with Gasteiger partial charge in [-0.05, 0) is 23.6 Å². The molecular formula is C18H23N3O2S. The van der Waals surface area contributed by atoms with Crippen LogP contribution in [0.1, 0.15) is 10.4 Å². The van der Waals surface area contributed by atoms with Gasteiger partial charge in [0.2, 0.25) is 0 Å². The Labute approximate surface area is 146 Å². The van der Waals surface area contributed by atoms with Crippen molar-refractivity contribution in [2.75, 3.05) is 51.3 Å². The second-order valence-electron chi connectivity index (χ2n) is 5.77. The fourth-order valence-corrected chi connectivity index (χ4v) is 3.56. The molecule has 1 saturated heterocycles. The van der Waals surface area contributed by atoms with E-state index in [-0.39, 0.29) is 5.91 Å². The molecule has 0 aliphatic carbocycles. The van der Waals surface area contributed by atoms with Gasteiger partial charge in [0.25, 0.3) is 5.91 Å². The smallest absolute Gasteiger partial charge is 0.252 e. The molecule has 0 unspecified atom stereocenters. The quantitative estimate of drug-likeness (QED) is 0.873. The van der Waals surface area contributed by atoms with Gasteiger partial charge in [-0.15, -0.1) is 0 Å². The number of piperazine rings is 1. The molecule has 6 heteroatoms. The Morgan fingerprint density at radius 2 is 2.00 bits per heavy atom. The molecule has 2 heterocycles. The van der Waals surface area contributed by atoms with Crippen molar-refractivity contribution in [2.24, 2.45) is 0 Å². The van der Waals surface area contributed by atoms with E-state index in [2.05, 4.69) is 21.2 Å². The lowest BCUT2D eigenvalue weighted by Crippen LogP contribution is -2.48. The van der Waals surface area contributed by atoms with E-state index >= 15 is 0 Å². The Bertz CT molecular complexity index is 652. The standard InChI is InChI=1S/C18H23N3O2S/c1-23-17-5-3-2-4-16(17)21-11-9-20(10-12-21)8-7-19-18(22)15-6-13-24-14-15/h2-6,13-14H,7-12H2,1H3,(H,19,22). The minimum atomic E-state index is 0.0175. The molecule has 1 N–H and O–H groups in total. The Morgan fingerprint density at radius 1 is 1.21 bits per heavy atom. The number of anilines is 1. The van der Waals surface area contributed by atoms with Gasteiger partial charge in [0.05, 0.1) is 12.8 Å². The zero-order valence-electron chi connectivity index (χ0n) is 13.9. The molecule has 3 rings (SSSR count). The van der Waals surface area contributed by atoms with Crippen LogP contribution in [0.25, 0.3) is 0 Å². The van der Waals surface area contributed by atoms with E-state index in [1.807, 2.05) is 35.0 Å². The van der Waals surface area contributed by atoms with Crippen molar-refractivity contribution in [1.29, 1.82) is 0 Å². The number of para-hydroxylation sites is 2. The first-order valence-electron chi connectivity index (χ1n) is 8.18. The first-order chi connectivity index (χ1) is 11.8. The molecule has 5 nitrogen and oxygen atoms in total. The second-order valence-corrected chi connectivity index (χ2v) is 6.55. The van der Waals surface area contributed by atoms with Crippen LogP contribution in [0.4, 0.5) is 5.69 Å². The predicted octanol–water partition coefficient (Wildman–Crippen LogP) is 2.31. The normalized spacial score (nSPS) is 15.3. The van der Waals surface area contributed by atoms with E-state index in [9.17, 15) is 4.79 Å². The van der Waals surface area contributed by atoms with Crippen molar-refractivity contribution >= 4 is 22.9 Å². The third-order valence-corrected chi connectivity index (χ3v) is 4.98. The molecule has 0 saturated carbocycles. The minimum absolute atomic E-state index is 0.0175.